The van der Waals surface area contributed by atoms with E-state index in [2.05, 4.69) is 102 Å². The average molecular weight is 423 g/mol. The van der Waals surface area contributed by atoms with Crippen molar-refractivity contribution in [3.63, 3.8) is 0 Å². The molecular formula is C28H26N2S. The van der Waals surface area contributed by atoms with Crippen LogP contribution in [-0.4, -0.2) is 0 Å². The van der Waals surface area contributed by atoms with Crippen LogP contribution in [0.2, 0.25) is 0 Å². The molecule has 0 fully saturated rings. The molecular weight excluding hydrogens is 396 g/mol. The minimum absolute atomic E-state index is 0.0812. The van der Waals surface area contributed by atoms with Crippen LogP contribution in [0.1, 0.15) is 59.6 Å². The van der Waals surface area contributed by atoms with Gasteiger partial charge in [0.2, 0.25) is 0 Å². The summed E-state index contributed by atoms with van der Waals surface area (Å²) >= 11 is 1.93. The first kappa shape index (κ1) is 19.0. The Labute approximate surface area is 188 Å². The number of rotatable bonds is 3. The van der Waals surface area contributed by atoms with Crippen molar-refractivity contribution in [1.29, 1.82) is 0 Å². The molecule has 31 heavy (non-hydrogen) atoms. The quantitative estimate of drug-likeness (QED) is 0.448. The van der Waals surface area contributed by atoms with E-state index < -0.39 is 0 Å². The molecule has 0 amide bonds. The van der Waals surface area contributed by atoms with E-state index in [1.807, 2.05) is 11.8 Å². The molecule has 3 aromatic rings. The van der Waals surface area contributed by atoms with Gasteiger partial charge in [-0.1, -0.05) is 96.7 Å². The minimum Gasteiger partial charge on any atom is -0.365 e. The van der Waals surface area contributed by atoms with Crippen molar-refractivity contribution in [1.82, 2.24) is 10.6 Å². The molecule has 0 bridgehead atoms. The molecule has 3 heteroatoms. The highest BCUT2D eigenvalue weighted by molar-refractivity contribution is 8.03. The molecule has 1 aliphatic carbocycles. The first-order chi connectivity index (χ1) is 15.4. The number of allylic oxidation sites excluding steroid dienone is 2. The second-order valence-electron chi connectivity index (χ2n) is 8.56. The van der Waals surface area contributed by atoms with Crippen molar-refractivity contribution in [2.45, 2.75) is 42.3 Å². The number of fused-ring (bicyclic) bond motifs is 3. The molecule has 0 aromatic heterocycles. The summed E-state index contributed by atoms with van der Waals surface area (Å²) in [6.45, 7) is 0. The van der Waals surface area contributed by atoms with Crippen molar-refractivity contribution in [3.05, 3.63) is 118 Å². The van der Waals surface area contributed by atoms with E-state index in [0.29, 0.717) is 5.92 Å². The Balaban J connectivity index is 1.42. The Morgan fingerprint density at radius 3 is 2.42 bits per heavy atom. The van der Waals surface area contributed by atoms with Gasteiger partial charge in [0.1, 0.15) is 6.17 Å². The molecule has 3 atom stereocenters. The van der Waals surface area contributed by atoms with Crippen LogP contribution in [0.15, 0.2) is 101 Å². The maximum atomic E-state index is 3.88. The molecule has 2 heterocycles. The van der Waals surface area contributed by atoms with E-state index >= 15 is 0 Å². The van der Waals surface area contributed by atoms with Gasteiger partial charge in [0.05, 0.1) is 11.7 Å². The lowest BCUT2D eigenvalue weighted by Crippen LogP contribution is -2.40. The molecule has 0 radical (unpaired) electrons. The summed E-state index contributed by atoms with van der Waals surface area (Å²) in [5, 5.41) is 7.69. The number of benzene rings is 3. The number of hydrogen-bond acceptors (Lipinski definition) is 3. The topological polar surface area (TPSA) is 24.1 Å². The zero-order chi connectivity index (χ0) is 20.6. The van der Waals surface area contributed by atoms with E-state index in [1.54, 1.807) is 0 Å². The van der Waals surface area contributed by atoms with Crippen LogP contribution in [0, 0.1) is 0 Å². The lowest BCUT2D eigenvalue weighted by molar-refractivity contribution is 0.439. The molecule has 6 rings (SSSR count). The minimum atomic E-state index is 0.0812. The molecule has 2 N–H and O–H groups in total. The van der Waals surface area contributed by atoms with Crippen LogP contribution >= 0.6 is 11.8 Å². The van der Waals surface area contributed by atoms with Gasteiger partial charge in [-0.2, -0.15) is 0 Å². The third-order valence-electron chi connectivity index (χ3n) is 6.58. The van der Waals surface area contributed by atoms with Gasteiger partial charge in [0.25, 0.3) is 0 Å². The molecule has 2 nitrogen and oxygen atoms in total. The van der Waals surface area contributed by atoms with Crippen molar-refractivity contribution in [2.24, 2.45) is 0 Å². The molecule has 0 spiro atoms. The molecule has 3 aliphatic rings. The summed E-state index contributed by atoms with van der Waals surface area (Å²) in [6.07, 6.45) is 8.61. The number of nitrogens with one attached hydrogen (secondary N) is 2. The molecule has 0 saturated carbocycles. The maximum Gasteiger partial charge on any atom is 0.104 e. The van der Waals surface area contributed by atoms with Crippen molar-refractivity contribution in [2.75, 3.05) is 0 Å². The van der Waals surface area contributed by atoms with Gasteiger partial charge in [0.15, 0.2) is 0 Å². The van der Waals surface area contributed by atoms with Gasteiger partial charge < -0.3 is 5.32 Å². The highest BCUT2D eigenvalue weighted by atomic mass is 32.2. The van der Waals surface area contributed by atoms with E-state index in [4.69, 9.17) is 0 Å². The van der Waals surface area contributed by atoms with Crippen LogP contribution in [-0.2, 0) is 0 Å². The smallest absolute Gasteiger partial charge is 0.104 e. The highest BCUT2D eigenvalue weighted by Gasteiger charge is 2.37. The summed E-state index contributed by atoms with van der Waals surface area (Å²) < 4.78 is 0. The predicted molar refractivity (Wildman–Crippen MR) is 130 cm³/mol. The van der Waals surface area contributed by atoms with E-state index in [-0.39, 0.29) is 12.2 Å². The van der Waals surface area contributed by atoms with Crippen LogP contribution in [0.25, 0.3) is 5.70 Å². The summed E-state index contributed by atoms with van der Waals surface area (Å²) in [6, 6.07) is 28.8. The molecule has 2 unspecified atom stereocenters. The molecule has 0 saturated heterocycles. The standard InChI is InChI=1S/C28H26N2S/c1-4-10-19(11-5-1)22-16-17-23-24(18-22)31-27-25(20-12-6-2-7-13-20)29-28(30-26(23)27)21-14-8-3-9-15-21/h2-4,6-10,12-19,26,28-30H,1,5,11H2/t19-,26?,28?/m0/s1. The lowest BCUT2D eigenvalue weighted by atomic mass is 9.88. The highest BCUT2D eigenvalue weighted by Crippen LogP contribution is 2.53. The Morgan fingerprint density at radius 1 is 0.839 bits per heavy atom. The fraction of sp³-hybridized carbons (Fsp3) is 0.214. The Hall–Kier alpha value is -2.75. The summed E-state index contributed by atoms with van der Waals surface area (Å²) in [4.78, 5) is 2.78. The van der Waals surface area contributed by atoms with Crippen LogP contribution in [0.3, 0.4) is 0 Å². The number of hydrogen-bond donors (Lipinski definition) is 2. The van der Waals surface area contributed by atoms with E-state index in [1.165, 1.54) is 57.0 Å². The molecule has 154 valence electrons. The van der Waals surface area contributed by atoms with Crippen LogP contribution in [0.4, 0.5) is 0 Å². The summed E-state index contributed by atoms with van der Waals surface area (Å²) in [7, 11) is 0. The zero-order valence-electron chi connectivity index (χ0n) is 17.4. The summed E-state index contributed by atoms with van der Waals surface area (Å²) in [5.41, 5.74) is 6.62. The van der Waals surface area contributed by atoms with Gasteiger partial charge in [0, 0.05) is 15.7 Å². The first-order valence-corrected chi connectivity index (χ1v) is 12.0. The van der Waals surface area contributed by atoms with Crippen molar-refractivity contribution in [3.8, 4) is 0 Å². The van der Waals surface area contributed by atoms with Crippen molar-refractivity contribution < 1.29 is 0 Å². The van der Waals surface area contributed by atoms with Gasteiger partial charge in [-0.15, -0.1) is 0 Å². The maximum absolute atomic E-state index is 3.88. The van der Waals surface area contributed by atoms with E-state index in [9.17, 15) is 0 Å². The largest absolute Gasteiger partial charge is 0.365 e. The summed E-state index contributed by atoms with van der Waals surface area (Å²) in [5.74, 6) is 0.563. The third kappa shape index (κ3) is 3.52. The van der Waals surface area contributed by atoms with Crippen LogP contribution in [0.5, 0.6) is 0 Å². The lowest BCUT2D eigenvalue weighted by Gasteiger charge is -2.34. The third-order valence-corrected chi connectivity index (χ3v) is 7.81. The predicted octanol–water partition coefficient (Wildman–Crippen LogP) is 6.92. The average Bonchev–Trinajstić information content (AvgIpc) is 3.23. The van der Waals surface area contributed by atoms with Gasteiger partial charge in [-0.3, -0.25) is 5.32 Å². The Bertz CT molecular complexity index is 1150. The zero-order valence-corrected chi connectivity index (χ0v) is 18.2. The Kier molecular flexibility index (Phi) is 4.94. The molecule has 2 aliphatic heterocycles. The monoisotopic (exact) mass is 422 g/mol. The van der Waals surface area contributed by atoms with Crippen LogP contribution < -0.4 is 10.6 Å². The van der Waals surface area contributed by atoms with Gasteiger partial charge in [-0.05, 0) is 47.6 Å². The Morgan fingerprint density at radius 2 is 1.65 bits per heavy atom. The normalized spacial score (nSPS) is 24.5. The first-order valence-electron chi connectivity index (χ1n) is 11.2. The van der Waals surface area contributed by atoms with Crippen molar-refractivity contribution >= 4 is 17.5 Å². The van der Waals surface area contributed by atoms with E-state index in [0.717, 1.165) is 0 Å². The fourth-order valence-electron chi connectivity index (χ4n) is 4.96. The second-order valence-corrected chi connectivity index (χ2v) is 9.64. The van der Waals surface area contributed by atoms with Gasteiger partial charge >= 0.3 is 0 Å². The SMILES string of the molecule is C1=C[C@H](c2ccc3c(c2)SC2=C(c4ccccc4)NC(c4ccccc4)NC23)CCC1. The fourth-order valence-corrected chi connectivity index (χ4v) is 6.28. The molecule has 3 aromatic carbocycles. The second kappa shape index (κ2) is 8.07. The number of thioether (sulfide) groups is 1. The van der Waals surface area contributed by atoms with Gasteiger partial charge in [-0.25, -0.2) is 0 Å².